The average molecular weight is 281 g/mol. The number of carbonyl (C=O) groups is 1. The minimum Gasteiger partial charge on any atom is -0.326 e. The summed E-state index contributed by atoms with van der Waals surface area (Å²) in [5, 5.41) is 2.83. The number of anilines is 1. The topological polar surface area (TPSA) is 29.1 Å². The molecule has 110 valence electrons. The smallest absolute Gasteiger partial charge is 0.248 e. The van der Waals surface area contributed by atoms with Crippen LogP contribution in [-0.2, 0) is 4.79 Å². The lowest BCUT2D eigenvalue weighted by Gasteiger charge is -2.28. The number of alkyl halides is 2. The number of nitrogens with one attached hydrogen (secondary N) is 1. The summed E-state index contributed by atoms with van der Waals surface area (Å²) in [6.07, 6.45) is 3.30. The number of hydrogen-bond acceptors (Lipinski definition) is 1. The fourth-order valence-electron chi connectivity index (χ4n) is 2.68. The van der Waals surface area contributed by atoms with Crippen LogP contribution in [0, 0.1) is 5.92 Å². The van der Waals surface area contributed by atoms with Gasteiger partial charge in [-0.05, 0) is 43.7 Å². The zero-order chi connectivity index (χ0) is 14.4. The third kappa shape index (κ3) is 4.91. The van der Waals surface area contributed by atoms with Gasteiger partial charge in [-0.15, -0.1) is 0 Å². The van der Waals surface area contributed by atoms with E-state index < -0.39 is 5.92 Å². The molecule has 1 aromatic carbocycles. The molecule has 1 aromatic rings. The van der Waals surface area contributed by atoms with Crippen LogP contribution < -0.4 is 5.32 Å². The zero-order valence-corrected chi connectivity index (χ0v) is 11.6. The van der Waals surface area contributed by atoms with Gasteiger partial charge in [-0.1, -0.05) is 18.2 Å². The third-order valence-corrected chi connectivity index (χ3v) is 3.91. The molecule has 0 radical (unpaired) electrons. The predicted octanol–water partition coefficient (Wildman–Crippen LogP) is 4.62. The predicted molar refractivity (Wildman–Crippen MR) is 75.8 cm³/mol. The molecule has 2 nitrogen and oxygen atoms in total. The lowest BCUT2D eigenvalue weighted by Crippen LogP contribution is -2.24. The summed E-state index contributed by atoms with van der Waals surface area (Å²) in [6, 6.07) is 9.34. The molecule has 0 aromatic heterocycles. The summed E-state index contributed by atoms with van der Waals surface area (Å²) in [6.45, 7) is 0. The van der Waals surface area contributed by atoms with Gasteiger partial charge in [-0.25, -0.2) is 8.78 Å². The first-order valence-electron chi connectivity index (χ1n) is 7.28. The Bertz CT molecular complexity index is 423. The molecule has 1 aliphatic carbocycles. The van der Waals surface area contributed by atoms with Crippen LogP contribution >= 0.6 is 0 Å². The lowest BCUT2D eigenvalue weighted by atomic mass is 9.84. The molecule has 4 heteroatoms. The molecule has 1 fully saturated rings. The molecule has 0 heterocycles. The van der Waals surface area contributed by atoms with Crippen LogP contribution in [-0.4, -0.2) is 11.8 Å². The van der Waals surface area contributed by atoms with E-state index >= 15 is 0 Å². The summed E-state index contributed by atoms with van der Waals surface area (Å²) in [4.78, 5) is 11.7. The van der Waals surface area contributed by atoms with Crippen molar-refractivity contribution in [2.75, 3.05) is 5.32 Å². The van der Waals surface area contributed by atoms with Gasteiger partial charge in [0.2, 0.25) is 11.8 Å². The Morgan fingerprint density at radius 1 is 1.20 bits per heavy atom. The summed E-state index contributed by atoms with van der Waals surface area (Å²) in [5.41, 5.74) is 0.801. The standard InChI is InChI=1S/C16H21F2NO/c17-16(18)11-9-13(10-12-16)5-4-8-15(20)19-14-6-2-1-3-7-14/h1-3,6-7,13H,4-5,8-12H2,(H,19,20). The minimum atomic E-state index is -2.46. The fraction of sp³-hybridized carbons (Fsp3) is 0.562. The van der Waals surface area contributed by atoms with E-state index in [1.807, 2.05) is 30.3 Å². The average Bonchev–Trinajstić information content (AvgIpc) is 2.42. The Hall–Kier alpha value is -1.45. The Labute approximate surface area is 118 Å². The molecule has 1 N–H and O–H groups in total. The molecule has 1 saturated carbocycles. The van der Waals surface area contributed by atoms with Crippen LogP contribution in [0.1, 0.15) is 44.9 Å². The molecule has 0 aliphatic heterocycles. The number of para-hydroxylation sites is 1. The van der Waals surface area contributed by atoms with Crippen molar-refractivity contribution in [2.24, 2.45) is 5.92 Å². The SMILES string of the molecule is O=C(CCCC1CCC(F)(F)CC1)Nc1ccccc1. The zero-order valence-electron chi connectivity index (χ0n) is 11.6. The van der Waals surface area contributed by atoms with Crippen molar-refractivity contribution in [1.29, 1.82) is 0 Å². The number of carbonyl (C=O) groups excluding carboxylic acids is 1. The van der Waals surface area contributed by atoms with E-state index in [1.54, 1.807) is 0 Å². The summed E-state index contributed by atoms with van der Waals surface area (Å²) < 4.78 is 26.0. The monoisotopic (exact) mass is 281 g/mol. The summed E-state index contributed by atoms with van der Waals surface area (Å²) >= 11 is 0. The van der Waals surface area contributed by atoms with Crippen molar-refractivity contribution in [1.82, 2.24) is 0 Å². The number of amides is 1. The Balaban J connectivity index is 1.63. The number of hydrogen-bond donors (Lipinski definition) is 1. The van der Waals surface area contributed by atoms with Gasteiger partial charge in [0.15, 0.2) is 0 Å². The molecule has 0 bridgehead atoms. The van der Waals surface area contributed by atoms with Crippen LogP contribution in [0.4, 0.5) is 14.5 Å². The maximum atomic E-state index is 13.0. The first-order chi connectivity index (χ1) is 9.55. The molecular weight excluding hydrogens is 260 g/mol. The molecule has 0 saturated heterocycles. The largest absolute Gasteiger partial charge is 0.326 e. The van der Waals surface area contributed by atoms with Crippen LogP contribution in [0.25, 0.3) is 0 Å². The molecule has 20 heavy (non-hydrogen) atoms. The van der Waals surface area contributed by atoms with Gasteiger partial charge in [0, 0.05) is 24.9 Å². The molecule has 2 rings (SSSR count). The highest BCUT2D eigenvalue weighted by Gasteiger charge is 2.34. The summed E-state index contributed by atoms with van der Waals surface area (Å²) in [5.74, 6) is -2.10. The fourth-order valence-corrected chi connectivity index (χ4v) is 2.68. The highest BCUT2D eigenvalue weighted by atomic mass is 19.3. The van der Waals surface area contributed by atoms with E-state index in [0.29, 0.717) is 25.2 Å². The second-order valence-electron chi connectivity index (χ2n) is 5.61. The maximum absolute atomic E-state index is 13.0. The summed E-state index contributed by atoms with van der Waals surface area (Å²) in [7, 11) is 0. The van der Waals surface area contributed by atoms with Crippen LogP contribution in [0.5, 0.6) is 0 Å². The van der Waals surface area contributed by atoms with Gasteiger partial charge in [0.1, 0.15) is 0 Å². The first kappa shape index (κ1) is 14.9. The van der Waals surface area contributed by atoms with E-state index in [4.69, 9.17) is 0 Å². The van der Waals surface area contributed by atoms with Gasteiger partial charge in [-0.2, -0.15) is 0 Å². The van der Waals surface area contributed by atoms with E-state index in [9.17, 15) is 13.6 Å². The number of halogens is 2. The van der Waals surface area contributed by atoms with Crippen molar-refractivity contribution in [3.8, 4) is 0 Å². The normalized spacial score (nSPS) is 18.7. The second kappa shape index (κ2) is 6.82. The Morgan fingerprint density at radius 3 is 2.50 bits per heavy atom. The number of benzene rings is 1. The van der Waals surface area contributed by atoms with Crippen molar-refractivity contribution >= 4 is 11.6 Å². The molecule has 1 amide bonds. The second-order valence-corrected chi connectivity index (χ2v) is 5.61. The van der Waals surface area contributed by atoms with Gasteiger partial charge in [-0.3, -0.25) is 4.79 Å². The van der Waals surface area contributed by atoms with E-state index in [0.717, 1.165) is 18.5 Å². The highest BCUT2D eigenvalue weighted by molar-refractivity contribution is 5.90. The lowest BCUT2D eigenvalue weighted by molar-refractivity contribution is -0.116. The van der Waals surface area contributed by atoms with Gasteiger partial charge in [0.25, 0.3) is 0 Å². The molecular formula is C16H21F2NO. The maximum Gasteiger partial charge on any atom is 0.248 e. The molecule has 0 spiro atoms. The van der Waals surface area contributed by atoms with E-state index in [-0.39, 0.29) is 18.7 Å². The Kier molecular flexibility index (Phi) is 5.10. The third-order valence-electron chi connectivity index (χ3n) is 3.91. The van der Waals surface area contributed by atoms with Crippen molar-refractivity contribution in [3.05, 3.63) is 30.3 Å². The van der Waals surface area contributed by atoms with Crippen LogP contribution in [0.2, 0.25) is 0 Å². The van der Waals surface area contributed by atoms with E-state index in [1.165, 1.54) is 0 Å². The molecule has 1 aliphatic rings. The molecule has 0 unspecified atom stereocenters. The minimum absolute atomic E-state index is 0.00246. The Morgan fingerprint density at radius 2 is 1.85 bits per heavy atom. The first-order valence-corrected chi connectivity index (χ1v) is 7.28. The van der Waals surface area contributed by atoms with Crippen LogP contribution in [0.15, 0.2) is 30.3 Å². The number of rotatable bonds is 5. The van der Waals surface area contributed by atoms with Crippen molar-refractivity contribution in [2.45, 2.75) is 50.9 Å². The quantitative estimate of drug-likeness (QED) is 0.838. The highest BCUT2D eigenvalue weighted by Crippen LogP contribution is 2.37. The van der Waals surface area contributed by atoms with Gasteiger partial charge >= 0.3 is 0 Å². The van der Waals surface area contributed by atoms with Crippen LogP contribution in [0.3, 0.4) is 0 Å². The van der Waals surface area contributed by atoms with Gasteiger partial charge < -0.3 is 5.32 Å². The molecule has 0 atom stereocenters. The van der Waals surface area contributed by atoms with Crippen molar-refractivity contribution in [3.63, 3.8) is 0 Å². The van der Waals surface area contributed by atoms with E-state index in [2.05, 4.69) is 5.32 Å². The van der Waals surface area contributed by atoms with Gasteiger partial charge in [0.05, 0.1) is 0 Å². The van der Waals surface area contributed by atoms with Crippen molar-refractivity contribution < 1.29 is 13.6 Å².